The zero-order valence-electron chi connectivity index (χ0n) is 10.9. The number of carboxylic acid groups (broad SMARTS) is 1. The molecule has 1 aromatic carbocycles. The highest BCUT2D eigenvalue weighted by atomic mass is 32.2. The molecule has 0 amide bonds. The van der Waals surface area contributed by atoms with Gasteiger partial charge in [-0.2, -0.15) is 17.4 Å². The molecular formula is C12H18N2O4S. The van der Waals surface area contributed by atoms with Gasteiger partial charge in [0, 0.05) is 13.1 Å². The van der Waals surface area contributed by atoms with E-state index in [2.05, 4.69) is 4.72 Å². The van der Waals surface area contributed by atoms with E-state index in [1.807, 2.05) is 0 Å². The molecule has 0 aromatic heterocycles. The Bertz CT molecular complexity index is 512. The molecule has 106 valence electrons. The molecule has 19 heavy (non-hydrogen) atoms. The van der Waals surface area contributed by atoms with Crippen LogP contribution in [-0.4, -0.2) is 36.9 Å². The highest BCUT2D eigenvalue weighted by Crippen LogP contribution is 2.15. The lowest BCUT2D eigenvalue weighted by Gasteiger charge is -2.22. The Balaban J connectivity index is 3.01. The molecule has 0 heterocycles. The van der Waals surface area contributed by atoms with Crippen LogP contribution in [0.1, 0.15) is 25.5 Å². The van der Waals surface area contributed by atoms with Gasteiger partial charge in [-0.3, -0.25) is 4.79 Å². The number of carboxylic acids is 1. The van der Waals surface area contributed by atoms with Crippen molar-refractivity contribution in [1.29, 1.82) is 0 Å². The van der Waals surface area contributed by atoms with Crippen molar-refractivity contribution in [3.8, 4) is 0 Å². The molecule has 0 radical (unpaired) electrons. The van der Waals surface area contributed by atoms with Gasteiger partial charge < -0.3 is 5.11 Å². The number of rotatable bonds is 7. The molecule has 0 aliphatic heterocycles. The molecule has 0 bridgehead atoms. The second-order valence-corrected chi connectivity index (χ2v) is 5.59. The number of hydrogen-bond acceptors (Lipinski definition) is 3. The van der Waals surface area contributed by atoms with Gasteiger partial charge in [0.2, 0.25) is 0 Å². The Morgan fingerprint density at radius 1 is 1.26 bits per heavy atom. The fraction of sp³-hybridized carbons (Fsp3) is 0.417. The van der Waals surface area contributed by atoms with Crippen LogP contribution >= 0.6 is 0 Å². The van der Waals surface area contributed by atoms with Gasteiger partial charge in [0.1, 0.15) is 6.04 Å². The predicted octanol–water partition coefficient (Wildman–Crippen LogP) is 0.989. The average Bonchev–Trinajstić information content (AvgIpc) is 2.38. The van der Waals surface area contributed by atoms with Gasteiger partial charge in [-0.1, -0.05) is 44.2 Å². The summed E-state index contributed by atoms with van der Waals surface area (Å²) in [5.41, 5.74) is 0.394. The highest BCUT2D eigenvalue weighted by Gasteiger charge is 2.28. The lowest BCUT2D eigenvalue weighted by Crippen LogP contribution is -2.44. The van der Waals surface area contributed by atoms with Crippen LogP contribution in [0.4, 0.5) is 0 Å². The van der Waals surface area contributed by atoms with Crippen molar-refractivity contribution in [2.75, 3.05) is 13.1 Å². The summed E-state index contributed by atoms with van der Waals surface area (Å²) < 4.78 is 27.4. The van der Waals surface area contributed by atoms with E-state index in [4.69, 9.17) is 0 Å². The molecule has 1 aromatic rings. The quantitative estimate of drug-likeness (QED) is 0.782. The molecule has 1 atom stereocenters. The first-order valence-corrected chi connectivity index (χ1v) is 7.41. The van der Waals surface area contributed by atoms with Gasteiger partial charge >= 0.3 is 5.97 Å². The highest BCUT2D eigenvalue weighted by molar-refractivity contribution is 7.87. The number of carbonyl (C=O) groups is 1. The van der Waals surface area contributed by atoms with Crippen LogP contribution in [0.2, 0.25) is 0 Å². The predicted molar refractivity (Wildman–Crippen MR) is 71.8 cm³/mol. The molecule has 7 heteroatoms. The summed E-state index contributed by atoms with van der Waals surface area (Å²) in [5, 5.41) is 9.17. The van der Waals surface area contributed by atoms with Gasteiger partial charge in [0.15, 0.2) is 0 Å². The SMILES string of the molecule is CCN(CC)S(=O)(=O)N[C@H](C(=O)O)c1ccccc1. The molecular weight excluding hydrogens is 268 g/mol. The monoisotopic (exact) mass is 286 g/mol. The van der Waals surface area contributed by atoms with E-state index in [0.29, 0.717) is 5.56 Å². The maximum atomic E-state index is 12.0. The van der Waals surface area contributed by atoms with Crippen molar-refractivity contribution in [2.45, 2.75) is 19.9 Å². The van der Waals surface area contributed by atoms with Gasteiger partial charge in [-0.15, -0.1) is 0 Å². The Kier molecular flexibility index (Phi) is 5.46. The minimum atomic E-state index is -3.81. The van der Waals surface area contributed by atoms with E-state index < -0.39 is 22.2 Å². The summed E-state index contributed by atoms with van der Waals surface area (Å²) in [6.07, 6.45) is 0. The Morgan fingerprint density at radius 3 is 2.21 bits per heavy atom. The molecule has 0 saturated carbocycles. The number of benzene rings is 1. The molecule has 0 saturated heterocycles. The summed E-state index contributed by atoms with van der Waals surface area (Å²) in [6.45, 7) is 3.96. The van der Waals surface area contributed by atoms with Gasteiger partial charge in [-0.05, 0) is 5.56 Å². The normalized spacial score (nSPS) is 13.4. The second kappa shape index (κ2) is 6.65. The average molecular weight is 286 g/mol. The van der Waals surface area contributed by atoms with E-state index in [1.54, 1.807) is 44.2 Å². The lowest BCUT2D eigenvalue weighted by atomic mass is 10.1. The summed E-state index contributed by atoms with van der Waals surface area (Å²) in [4.78, 5) is 11.2. The molecule has 0 fully saturated rings. The molecule has 1 rings (SSSR count). The van der Waals surface area contributed by atoms with Crippen LogP contribution in [0.3, 0.4) is 0 Å². The maximum absolute atomic E-state index is 12.0. The van der Waals surface area contributed by atoms with E-state index in [-0.39, 0.29) is 13.1 Å². The smallest absolute Gasteiger partial charge is 0.326 e. The third-order valence-corrected chi connectivity index (χ3v) is 4.42. The third-order valence-electron chi connectivity index (χ3n) is 2.69. The number of hydrogen-bond donors (Lipinski definition) is 2. The number of nitrogens with one attached hydrogen (secondary N) is 1. The first-order chi connectivity index (χ1) is 8.92. The first-order valence-electron chi connectivity index (χ1n) is 5.97. The van der Waals surface area contributed by atoms with Crippen molar-refractivity contribution < 1.29 is 18.3 Å². The van der Waals surface area contributed by atoms with Crippen molar-refractivity contribution in [3.63, 3.8) is 0 Å². The summed E-state index contributed by atoms with van der Waals surface area (Å²) in [6, 6.07) is 6.93. The second-order valence-electron chi connectivity index (χ2n) is 3.89. The van der Waals surface area contributed by atoms with E-state index >= 15 is 0 Å². The Hall–Kier alpha value is -1.44. The first kappa shape index (κ1) is 15.6. The van der Waals surface area contributed by atoms with Gasteiger partial charge in [0.25, 0.3) is 10.2 Å². The fourth-order valence-corrected chi connectivity index (χ4v) is 3.06. The Labute approximate surface area is 113 Å². The minimum absolute atomic E-state index is 0.285. The minimum Gasteiger partial charge on any atom is -0.480 e. The molecule has 0 spiro atoms. The largest absolute Gasteiger partial charge is 0.480 e. The summed E-state index contributed by atoms with van der Waals surface area (Å²) in [5.74, 6) is -1.23. The van der Waals surface area contributed by atoms with Crippen molar-refractivity contribution in [3.05, 3.63) is 35.9 Å². The zero-order valence-corrected chi connectivity index (χ0v) is 11.7. The fourth-order valence-electron chi connectivity index (χ4n) is 1.69. The van der Waals surface area contributed by atoms with Gasteiger partial charge in [-0.25, -0.2) is 0 Å². The van der Waals surface area contributed by atoms with Crippen LogP contribution in [0.5, 0.6) is 0 Å². The van der Waals surface area contributed by atoms with Crippen molar-refractivity contribution >= 4 is 16.2 Å². The van der Waals surface area contributed by atoms with Gasteiger partial charge in [0.05, 0.1) is 0 Å². The number of nitrogens with zero attached hydrogens (tertiary/aromatic N) is 1. The molecule has 0 aliphatic rings. The van der Waals surface area contributed by atoms with Crippen LogP contribution in [-0.2, 0) is 15.0 Å². The number of aliphatic carboxylic acids is 1. The van der Waals surface area contributed by atoms with Crippen LogP contribution in [0.15, 0.2) is 30.3 Å². The van der Waals surface area contributed by atoms with Crippen LogP contribution < -0.4 is 4.72 Å². The van der Waals surface area contributed by atoms with E-state index in [0.717, 1.165) is 0 Å². The topological polar surface area (TPSA) is 86.7 Å². The van der Waals surface area contributed by atoms with E-state index in [1.165, 1.54) is 4.31 Å². The van der Waals surface area contributed by atoms with Crippen molar-refractivity contribution in [2.24, 2.45) is 0 Å². The summed E-state index contributed by atoms with van der Waals surface area (Å²) in [7, 11) is -3.81. The molecule has 6 nitrogen and oxygen atoms in total. The summed E-state index contributed by atoms with van der Waals surface area (Å²) >= 11 is 0. The van der Waals surface area contributed by atoms with Crippen molar-refractivity contribution in [1.82, 2.24) is 9.03 Å². The zero-order chi connectivity index (χ0) is 14.5. The van der Waals surface area contributed by atoms with E-state index in [9.17, 15) is 18.3 Å². The van der Waals surface area contributed by atoms with Crippen LogP contribution in [0, 0.1) is 0 Å². The molecule has 2 N–H and O–H groups in total. The lowest BCUT2D eigenvalue weighted by molar-refractivity contribution is -0.139. The standard InChI is InChI=1S/C12H18N2O4S/c1-3-14(4-2)19(17,18)13-11(12(15)16)10-8-6-5-7-9-10/h5-9,11,13H,3-4H2,1-2H3,(H,15,16)/t11-/m0/s1. The molecule has 0 unspecified atom stereocenters. The Morgan fingerprint density at radius 2 is 1.79 bits per heavy atom. The third kappa shape index (κ3) is 4.02. The maximum Gasteiger partial charge on any atom is 0.326 e. The van der Waals surface area contributed by atoms with Crippen LogP contribution in [0.25, 0.3) is 0 Å². The molecule has 0 aliphatic carbocycles.